The van der Waals surface area contributed by atoms with Gasteiger partial charge in [-0.15, -0.1) is 0 Å². The van der Waals surface area contributed by atoms with Crippen LogP contribution >= 0.6 is 15.9 Å². The molecule has 0 aliphatic carbocycles. The van der Waals surface area contributed by atoms with Crippen molar-refractivity contribution >= 4 is 38.4 Å². The van der Waals surface area contributed by atoms with Gasteiger partial charge in [0.15, 0.2) is 10.8 Å². The fraction of sp³-hybridized carbons (Fsp3) is 0.350. The molecule has 4 rings (SSSR count). The third-order valence-electron chi connectivity index (χ3n) is 5.22. The van der Waals surface area contributed by atoms with Gasteiger partial charge < -0.3 is 19.1 Å². The van der Waals surface area contributed by atoms with Gasteiger partial charge in [-0.1, -0.05) is 18.2 Å². The highest BCUT2D eigenvalue weighted by molar-refractivity contribution is 9.09. The van der Waals surface area contributed by atoms with Gasteiger partial charge in [0.2, 0.25) is 0 Å². The number of carbonyl (C=O) groups is 1. The predicted octanol–water partition coefficient (Wildman–Crippen LogP) is 2.08. The summed E-state index contributed by atoms with van der Waals surface area (Å²) in [6.45, 7) is 2.09. The lowest BCUT2D eigenvalue weighted by Crippen LogP contribution is -2.50. The minimum absolute atomic E-state index is 0.115. The molecule has 1 fully saturated rings. The van der Waals surface area contributed by atoms with E-state index in [1.54, 1.807) is 18.0 Å². The van der Waals surface area contributed by atoms with Crippen LogP contribution in [-0.4, -0.2) is 46.6 Å². The molecule has 144 valence electrons. The van der Waals surface area contributed by atoms with E-state index in [4.69, 9.17) is 4.74 Å². The molecule has 0 N–H and O–H groups in total. The Balaban J connectivity index is 1.63. The number of ether oxygens (including phenoxy) is 1. The van der Waals surface area contributed by atoms with Crippen molar-refractivity contribution in [3.63, 3.8) is 0 Å². The van der Waals surface area contributed by atoms with Gasteiger partial charge in [-0.05, 0) is 28.1 Å². The first kappa shape index (κ1) is 18.6. The Morgan fingerprint density at radius 1 is 1.25 bits per heavy atom. The summed E-state index contributed by atoms with van der Waals surface area (Å²) in [7, 11) is 1.68. The first-order valence-electron chi connectivity index (χ1n) is 9.08. The van der Waals surface area contributed by atoms with Crippen LogP contribution in [0, 0.1) is 11.3 Å². The molecule has 0 radical (unpaired) electrons. The molecular weight excluding hydrogens is 424 g/mol. The van der Waals surface area contributed by atoms with Gasteiger partial charge in [0, 0.05) is 45.0 Å². The van der Waals surface area contributed by atoms with E-state index in [-0.39, 0.29) is 22.0 Å². The van der Waals surface area contributed by atoms with Crippen LogP contribution in [0.25, 0.3) is 10.9 Å². The van der Waals surface area contributed by atoms with Gasteiger partial charge in [-0.2, -0.15) is 5.26 Å². The molecule has 1 aromatic heterocycles. The monoisotopic (exact) mass is 442 g/mol. The maximum atomic E-state index is 12.7. The highest BCUT2D eigenvalue weighted by Crippen LogP contribution is 2.30. The second kappa shape index (κ2) is 7.32. The number of benzene rings is 1. The van der Waals surface area contributed by atoms with Crippen molar-refractivity contribution in [2.75, 3.05) is 31.1 Å². The number of nitriles is 1. The number of hydrogen-bond acceptors (Lipinski definition) is 5. The van der Waals surface area contributed by atoms with Crippen LogP contribution in [-0.2, 0) is 16.6 Å². The van der Waals surface area contributed by atoms with Crippen molar-refractivity contribution in [1.82, 2.24) is 9.47 Å². The minimum Gasteiger partial charge on any atom is -0.473 e. The van der Waals surface area contributed by atoms with Crippen LogP contribution in [0.3, 0.4) is 0 Å². The molecule has 1 aromatic carbocycles. The molecule has 0 bridgehead atoms. The predicted molar refractivity (Wildman–Crippen MR) is 109 cm³/mol. The Labute approximate surface area is 170 Å². The smallest absolute Gasteiger partial charge is 0.288 e. The van der Waals surface area contributed by atoms with Gasteiger partial charge in [0.25, 0.3) is 11.5 Å². The summed E-state index contributed by atoms with van der Waals surface area (Å²) in [5.41, 5.74) is 1.28. The van der Waals surface area contributed by atoms with Gasteiger partial charge >= 0.3 is 0 Å². The van der Waals surface area contributed by atoms with Crippen LogP contribution in [0.5, 0.6) is 0 Å². The molecule has 1 atom stereocenters. The van der Waals surface area contributed by atoms with Crippen molar-refractivity contribution in [1.29, 1.82) is 5.26 Å². The first-order chi connectivity index (χ1) is 13.5. The van der Waals surface area contributed by atoms with E-state index < -0.39 is 0 Å². The Bertz CT molecular complexity index is 1080. The summed E-state index contributed by atoms with van der Waals surface area (Å²) in [6, 6.07) is 9.67. The number of amides is 1. The number of aromatic nitrogens is 1. The SMILES string of the molecule is Cn1c(=O)c(C#N)c(N2CCN(C(=O)C3=CCC(Br)O3)CC2)c2ccccc21. The van der Waals surface area contributed by atoms with Crippen molar-refractivity contribution < 1.29 is 9.53 Å². The summed E-state index contributed by atoms with van der Waals surface area (Å²) in [4.78, 5) is 29.1. The highest BCUT2D eigenvalue weighted by atomic mass is 79.9. The maximum Gasteiger partial charge on any atom is 0.288 e. The number of fused-ring (bicyclic) bond motifs is 1. The second-order valence-corrected chi connectivity index (χ2v) is 7.85. The van der Waals surface area contributed by atoms with Crippen LogP contribution in [0.15, 0.2) is 40.9 Å². The van der Waals surface area contributed by atoms with Crippen molar-refractivity contribution in [3.8, 4) is 6.07 Å². The van der Waals surface area contributed by atoms with Crippen molar-refractivity contribution in [2.45, 2.75) is 11.4 Å². The number of aryl methyl sites for hydroxylation is 1. The lowest BCUT2D eigenvalue weighted by atomic mass is 10.1. The normalized spacial score (nSPS) is 19.3. The topological polar surface area (TPSA) is 78.6 Å². The molecule has 1 unspecified atom stereocenters. The molecule has 8 heteroatoms. The Hall–Kier alpha value is -2.79. The Morgan fingerprint density at radius 3 is 2.61 bits per heavy atom. The number of alkyl halides is 1. The van der Waals surface area contributed by atoms with Crippen LogP contribution in [0.1, 0.15) is 12.0 Å². The molecule has 7 nitrogen and oxygen atoms in total. The molecule has 1 saturated heterocycles. The van der Waals surface area contributed by atoms with Crippen LogP contribution in [0.2, 0.25) is 0 Å². The van der Waals surface area contributed by atoms with E-state index in [2.05, 4.69) is 22.0 Å². The maximum absolute atomic E-state index is 12.7. The second-order valence-electron chi connectivity index (χ2n) is 6.83. The van der Waals surface area contributed by atoms with Gasteiger partial charge in [0.1, 0.15) is 11.6 Å². The van der Waals surface area contributed by atoms with E-state index in [0.717, 1.165) is 10.9 Å². The number of nitrogens with zero attached hydrogens (tertiary/aromatic N) is 4. The quantitative estimate of drug-likeness (QED) is 0.665. The number of anilines is 1. The summed E-state index contributed by atoms with van der Waals surface area (Å²) in [5.74, 6) is 0.267. The molecule has 0 spiro atoms. The van der Waals surface area contributed by atoms with E-state index in [9.17, 15) is 14.9 Å². The summed E-state index contributed by atoms with van der Waals surface area (Å²) in [5, 5.41) is 10.4. The first-order valence-corrected chi connectivity index (χ1v) is 9.99. The third-order valence-corrected chi connectivity index (χ3v) is 5.79. The number of rotatable bonds is 2. The van der Waals surface area contributed by atoms with E-state index in [0.29, 0.717) is 44.0 Å². The lowest BCUT2D eigenvalue weighted by Gasteiger charge is -2.37. The molecule has 1 amide bonds. The van der Waals surface area contributed by atoms with E-state index in [1.807, 2.05) is 29.2 Å². The zero-order valence-corrected chi connectivity index (χ0v) is 17.0. The largest absolute Gasteiger partial charge is 0.473 e. The molecule has 3 heterocycles. The average molecular weight is 443 g/mol. The number of carbonyl (C=O) groups excluding carboxylic acids is 1. The van der Waals surface area contributed by atoms with Crippen LogP contribution < -0.4 is 10.5 Å². The average Bonchev–Trinajstić information content (AvgIpc) is 3.16. The molecule has 2 aliphatic rings. The summed E-state index contributed by atoms with van der Waals surface area (Å²) < 4.78 is 7.01. The van der Waals surface area contributed by atoms with E-state index in [1.165, 1.54) is 4.57 Å². The van der Waals surface area contributed by atoms with E-state index >= 15 is 0 Å². The highest BCUT2D eigenvalue weighted by Gasteiger charge is 2.30. The van der Waals surface area contributed by atoms with Gasteiger partial charge in [0.05, 0.1) is 11.2 Å². The third kappa shape index (κ3) is 3.06. The summed E-state index contributed by atoms with van der Waals surface area (Å²) >= 11 is 3.35. The lowest BCUT2D eigenvalue weighted by molar-refractivity contribution is -0.130. The molecule has 0 saturated carbocycles. The Kier molecular flexibility index (Phi) is 4.85. The Morgan fingerprint density at radius 2 is 1.96 bits per heavy atom. The van der Waals surface area contributed by atoms with Gasteiger partial charge in [-0.25, -0.2) is 0 Å². The molecule has 2 aromatic rings. The number of para-hydroxylation sites is 1. The molecular formula is C20H19BrN4O3. The molecule has 28 heavy (non-hydrogen) atoms. The number of piperazine rings is 1. The zero-order chi connectivity index (χ0) is 19.8. The van der Waals surface area contributed by atoms with Gasteiger partial charge in [-0.3, -0.25) is 9.59 Å². The van der Waals surface area contributed by atoms with Crippen LogP contribution in [0.4, 0.5) is 5.69 Å². The standard InChI is InChI=1S/C20H19BrN4O3/c1-23-15-5-3-2-4-13(15)18(14(12-22)19(23)26)24-8-10-25(11-9-24)20(27)16-6-7-17(21)28-16/h2-6,17H,7-11H2,1H3. The number of halogens is 1. The fourth-order valence-electron chi connectivity index (χ4n) is 3.77. The minimum atomic E-state index is -0.303. The summed E-state index contributed by atoms with van der Waals surface area (Å²) in [6.07, 6.45) is 2.47. The molecule has 2 aliphatic heterocycles. The zero-order valence-electron chi connectivity index (χ0n) is 15.4. The van der Waals surface area contributed by atoms with Crippen molar-refractivity contribution in [2.24, 2.45) is 7.05 Å². The van der Waals surface area contributed by atoms with Crippen molar-refractivity contribution in [3.05, 3.63) is 52.0 Å². The number of hydrogen-bond donors (Lipinski definition) is 0. The number of pyridine rings is 1. The fourth-order valence-corrected chi connectivity index (χ4v) is 4.16.